The van der Waals surface area contributed by atoms with E-state index in [0.717, 1.165) is 44.9 Å². The molecule has 1 aromatic carbocycles. The highest BCUT2D eigenvalue weighted by molar-refractivity contribution is 5.91. The zero-order valence-corrected chi connectivity index (χ0v) is 20.7. The van der Waals surface area contributed by atoms with Gasteiger partial charge >= 0.3 is 6.03 Å². The van der Waals surface area contributed by atoms with Crippen molar-refractivity contribution in [1.29, 1.82) is 5.26 Å². The van der Waals surface area contributed by atoms with E-state index in [2.05, 4.69) is 59.5 Å². The normalized spacial score (nSPS) is 22.1. The fourth-order valence-corrected chi connectivity index (χ4v) is 5.16. The van der Waals surface area contributed by atoms with E-state index >= 15 is 0 Å². The fourth-order valence-electron chi connectivity index (χ4n) is 5.16. The number of aromatic nitrogens is 2. The first kappa shape index (κ1) is 25.6. The van der Waals surface area contributed by atoms with Crippen LogP contribution in [0.4, 0.5) is 10.5 Å². The first-order chi connectivity index (χ1) is 16.5. The Morgan fingerprint density at radius 1 is 1.12 bits per heavy atom. The highest BCUT2D eigenvalue weighted by Crippen LogP contribution is 2.50. The van der Waals surface area contributed by atoms with Gasteiger partial charge in [-0.2, -0.15) is 5.26 Å². The monoisotopic (exact) mass is 463 g/mol. The predicted molar refractivity (Wildman–Crippen MR) is 134 cm³/mol. The number of benzene rings is 1. The molecule has 2 aromatic rings. The summed E-state index contributed by atoms with van der Waals surface area (Å²) in [6.45, 7) is 6.25. The SMILES string of the molecule is CC[C@]1(CN(C(=O)NCCCOC)c2cnc(C#N)nc2)CC[C@@](CC)(c2ccccc2)CC1. The lowest BCUT2D eigenvalue weighted by molar-refractivity contribution is 0.123. The molecule has 2 amide bonds. The van der Waals surface area contributed by atoms with Gasteiger partial charge in [-0.1, -0.05) is 44.2 Å². The second-order valence-corrected chi connectivity index (χ2v) is 9.39. The van der Waals surface area contributed by atoms with E-state index in [-0.39, 0.29) is 22.7 Å². The maximum Gasteiger partial charge on any atom is 0.321 e. The van der Waals surface area contributed by atoms with Gasteiger partial charge in [-0.3, -0.25) is 4.90 Å². The average molecular weight is 464 g/mol. The highest BCUT2D eigenvalue weighted by atomic mass is 16.5. The van der Waals surface area contributed by atoms with Gasteiger partial charge in [-0.05, 0) is 61.3 Å². The van der Waals surface area contributed by atoms with Crippen LogP contribution < -0.4 is 10.2 Å². The third-order valence-corrected chi connectivity index (χ3v) is 7.67. The van der Waals surface area contributed by atoms with Crippen LogP contribution in [0.2, 0.25) is 0 Å². The minimum Gasteiger partial charge on any atom is -0.385 e. The van der Waals surface area contributed by atoms with Crippen LogP contribution in [0.5, 0.6) is 0 Å². The number of anilines is 1. The summed E-state index contributed by atoms with van der Waals surface area (Å²) in [4.78, 5) is 23.2. The molecule has 7 heteroatoms. The number of urea groups is 1. The van der Waals surface area contributed by atoms with Gasteiger partial charge in [0, 0.05) is 26.8 Å². The van der Waals surface area contributed by atoms with Gasteiger partial charge in [0.05, 0.1) is 18.1 Å². The van der Waals surface area contributed by atoms with E-state index in [1.165, 1.54) is 5.56 Å². The van der Waals surface area contributed by atoms with Crippen LogP contribution in [0.15, 0.2) is 42.7 Å². The zero-order chi connectivity index (χ0) is 24.4. The molecule has 1 aromatic heterocycles. The van der Waals surface area contributed by atoms with Crippen LogP contribution in [0, 0.1) is 16.7 Å². The molecule has 1 heterocycles. The van der Waals surface area contributed by atoms with Gasteiger partial charge in [0.25, 0.3) is 0 Å². The van der Waals surface area contributed by atoms with Crippen LogP contribution in [0.25, 0.3) is 0 Å². The lowest BCUT2D eigenvalue weighted by Gasteiger charge is -2.48. The Hall–Kier alpha value is -2.98. The molecule has 0 saturated heterocycles. The van der Waals surface area contributed by atoms with Crippen LogP contribution in [0.1, 0.15) is 70.2 Å². The van der Waals surface area contributed by atoms with Gasteiger partial charge in [0.2, 0.25) is 5.82 Å². The molecular weight excluding hydrogens is 426 g/mol. The molecule has 0 radical (unpaired) electrons. The Bertz CT molecular complexity index is 947. The second kappa shape index (κ2) is 11.9. The number of rotatable bonds is 10. The van der Waals surface area contributed by atoms with Gasteiger partial charge in [0.15, 0.2) is 0 Å². The van der Waals surface area contributed by atoms with Gasteiger partial charge < -0.3 is 10.1 Å². The first-order valence-corrected chi connectivity index (χ1v) is 12.3. The molecule has 0 atom stereocenters. The van der Waals surface area contributed by atoms with Crippen molar-refractivity contribution in [1.82, 2.24) is 15.3 Å². The maximum absolute atomic E-state index is 13.3. The minimum absolute atomic E-state index is 0.0191. The molecule has 34 heavy (non-hydrogen) atoms. The quantitative estimate of drug-likeness (QED) is 0.488. The lowest BCUT2D eigenvalue weighted by Crippen LogP contribution is -2.49. The van der Waals surface area contributed by atoms with E-state index in [1.807, 2.05) is 6.07 Å². The van der Waals surface area contributed by atoms with Crippen molar-refractivity contribution < 1.29 is 9.53 Å². The molecule has 182 valence electrons. The van der Waals surface area contributed by atoms with E-state index in [1.54, 1.807) is 24.4 Å². The summed E-state index contributed by atoms with van der Waals surface area (Å²) < 4.78 is 5.10. The molecule has 3 rings (SSSR count). The summed E-state index contributed by atoms with van der Waals surface area (Å²) in [6, 6.07) is 12.7. The molecule has 7 nitrogen and oxygen atoms in total. The van der Waals surface area contributed by atoms with Crippen molar-refractivity contribution in [3.63, 3.8) is 0 Å². The second-order valence-electron chi connectivity index (χ2n) is 9.39. The number of carbonyl (C=O) groups is 1. The van der Waals surface area contributed by atoms with E-state index in [9.17, 15) is 4.79 Å². The van der Waals surface area contributed by atoms with Crippen molar-refractivity contribution in [2.75, 3.05) is 31.7 Å². The Morgan fingerprint density at radius 2 is 1.79 bits per heavy atom. The highest BCUT2D eigenvalue weighted by Gasteiger charge is 2.43. The number of amides is 2. The third kappa shape index (κ3) is 5.92. The number of ether oxygens (including phenoxy) is 1. The van der Waals surface area contributed by atoms with Crippen LogP contribution in [-0.4, -0.2) is 42.8 Å². The number of nitrogens with zero attached hydrogens (tertiary/aromatic N) is 4. The topological polar surface area (TPSA) is 91.1 Å². The van der Waals surface area contributed by atoms with Crippen molar-refractivity contribution in [2.24, 2.45) is 5.41 Å². The van der Waals surface area contributed by atoms with E-state index in [4.69, 9.17) is 10.00 Å². The molecule has 1 N–H and O–H groups in total. The largest absolute Gasteiger partial charge is 0.385 e. The summed E-state index contributed by atoms with van der Waals surface area (Å²) in [6.07, 6.45) is 10.3. The van der Waals surface area contributed by atoms with Crippen LogP contribution >= 0.6 is 0 Å². The number of carbonyl (C=O) groups excluding carboxylic acids is 1. The van der Waals surface area contributed by atoms with Crippen molar-refractivity contribution >= 4 is 11.7 Å². The molecule has 1 saturated carbocycles. The summed E-state index contributed by atoms with van der Waals surface area (Å²) in [7, 11) is 1.65. The van der Waals surface area contributed by atoms with Crippen LogP contribution in [-0.2, 0) is 10.2 Å². The lowest BCUT2D eigenvalue weighted by atomic mass is 9.59. The minimum atomic E-state index is -0.160. The third-order valence-electron chi connectivity index (χ3n) is 7.67. The Labute approximate surface area is 203 Å². The Kier molecular flexibility index (Phi) is 9.00. The van der Waals surface area contributed by atoms with Crippen LogP contribution in [0.3, 0.4) is 0 Å². The molecule has 1 aliphatic rings. The number of nitrogens with one attached hydrogen (secondary N) is 1. The first-order valence-electron chi connectivity index (χ1n) is 12.3. The summed E-state index contributed by atoms with van der Waals surface area (Å²) in [5.41, 5.74) is 2.26. The number of methoxy groups -OCH3 is 1. The molecule has 1 aliphatic carbocycles. The number of hydrogen-bond donors (Lipinski definition) is 1. The Balaban J connectivity index is 1.80. The van der Waals surface area contributed by atoms with Gasteiger partial charge in [-0.25, -0.2) is 14.8 Å². The number of nitriles is 1. The van der Waals surface area contributed by atoms with Gasteiger partial charge in [-0.15, -0.1) is 0 Å². The van der Waals surface area contributed by atoms with Gasteiger partial charge in [0.1, 0.15) is 6.07 Å². The van der Waals surface area contributed by atoms with Crippen molar-refractivity contribution in [2.45, 2.75) is 64.2 Å². The fraction of sp³-hybridized carbons (Fsp3) is 0.556. The van der Waals surface area contributed by atoms with Crippen molar-refractivity contribution in [3.8, 4) is 6.07 Å². The number of hydrogen-bond acceptors (Lipinski definition) is 5. The predicted octanol–water partition coefficient (Wildman–Crippen LogP) is 5.22. The Morgan fingerprint density at radius 3 is 2.35 bits per heavy atom. The standard InChI is InChI=1S/C27H37N5O2/c1-4-26(12-14-27(5-2,15-13-26)22-10-7-6-8-11-22)21-32(25(33)29-16-9-17-34-3)23-19-30-24(18-28)31-20-23/h6-8,10-11,19-20H,4-5,9,12-17,21H2,1-3H3,(H,29,33)/t26-,27+. The van der Waals surface area contributed by atoms with E-state index < -0.39 is 0 Å². The molecule has 0 spiro atoms. The van der Waals surface area contributed by atoms with Crippen molar-refractivity contribution in [3.05, 3.63) is 54.1 Å². The molecule has 1 fully saturated rings. The summed E-state index contributed by atoms with van der Waals surface area (Å²) >= 11 is 0. The molecular formula is C27H37N5O2. The molecule has 0 bridgehead atoms. The maximum atomic E-state index is 13.3. The summed E-state index contributed by atoms with van der Waals surface area (Å²) in [5, 5.41) is 12.1. The summed E-state index contributed by atoms with van der Waals surface area (Å²) in [5.74, 6) is 0.0997. The zero-order valence-electron chi connectivity index (χ0n) is 20.7. The average Bonchev–Trinajstić information content (AvgIpc) is 2.90. The van der Waals surface area contributed by atoms with E-state index in [0.29, 0.717) is 25.4 Å². The smallest absolute Gasteiger partial charge is 0.321 e. The molecule has 0 aliphatic heterocycles. The molecule has 0 unspecified atom stereocenters.